The van der Waals surface area contributed by atoms with Crippen molar-refractivity contribution in [2.45, 2.75) is 32.9 Å². The molecule has 0 aromatic heterocycles. The molecule has 0 atom stereocenters. The van der Waals surface area contributed by atoms with Crippen LogP contribution < -0.4 is 16.4 Å². The third kappa shape index (κ3) is 4.81. The van der Waals surface area contributed by atoms with E-state index in [9.17, 15) is 4.79 Å². The fraction of sp³-hybridized carbons (Fsp3) is 0.278. The third-order valence-electron chi connectivity index (χ3n) is 3.11. The summed E-state index contributed by atoms with van der Waals surface area (Å²) in [6.45, 7) is 6.61. The summed E-state index contributed by atoms with van der Waals surface area (Å²) in [5.74, 6) is -0.0578. The van der Waals surface area contributed by atoms with E-state index in [4.69, 9.17) is 5.73 Å². The van der Waals surface area contributed by atoms with Gasteiger partial charge in [-0.25, -0.2) is 0 Å². The van der Waals surface area contributed by atoms with Crippen molar-refractivity contribution in [3.63, 3.8) is 0 Å². The van der Waals surface area contributed by atoms with Crippen molar-refractivity contribution in [1.29, 1.82) is 0 Å². The summed E-state index contributed by atoms with van der Waals surface area (Å²) in [7, 11) is 0. The molecule has 4 nitrogen and oxygen atoms in total. The average molecular weight is 297 g/mol. The molecule has 2 rings (SSSR count). The Morgan fingerprint density at radius 3 is 2.14 bits per heavy atom. The Kier molecular flexibility index (Phi) is 4.71. The van der Waals surface area contributed by atoms with Gasteiger partial charge in [0.15, 0.2) is 0 Å². The van der Waals surface area contributed by atoms with Crippen LogP contribution in [-0.2, 0) is 6.54 Å². The molecule has 4 N–H and O–H groups in total. The second-order valence-corrected chi connectivity index (χ2v) is 6.38. The van der Waals surface area contributed by atoms with Gasteiger partial charge in [0.1, 0.15) is 0 Å². The number of anilines is 2. The highest BCUT2D eigenvalue weighted by atomic mass is 16.1. The second kappa shape index (κ2) is 6.52. The summed E-state index contributed by atoms with van der Waals surface area (Å²) in [4.78, 5) is 12.0. The molecule has 1 amide bonds. The Morgan fingerprint density at radius 2 is 1.59 bits per heavy atom. The van der Waals surface area contributed by atoms with Gasteiger partial charge in [-0.3, -0.25) is 4.79 Å². The highest BCUT2D eigenvalue weighted by Gasteiger charge is 2.14. The first-order valence-electron chi connectivity index (χ1n) is 7.34. The Hall–Kier alpha value is -2.49. The normalized spacial score (nSPS) is 11.0. The molecule has 0 aliphatic carbocycles. The van der Waals surface area contributed by atoms with Gasteiger partial charge >= 0.3 is 0 Å². The third-order valence-corrected chi connectivity index (χ3v) is 3.11. The van der Waals surface area contributed by atoms with Crippen molar-refractivity contribution in [2.24, 2.45) is 0 Å². The van der Waals surface area contributed by atoms with Crippen molar-refractivity contribution in [2.75, 3.05) is 11.1 Å². The van der Waals surface area contributed by atoms with E-state index in [-0.39, 0.29) is 11.4 Å². The van der Waals surface area contributed by atoms with E-state index >= 15 is 0 Å². The Morgan fingerprint density at radius 1 is 1.00 bits per heavy atom. The van der Waals surface area contributed by atoms with Crippen molar-refractivity contribution in [1.82, 2.24) is 5.32 Å². The van der Waals surface area contributed by atoms with Crippen LogP contribution in [0.25, 0.3) is 0 Å². The van der Waals surface area contributed by atoms with Crippen LogP contribution in [-0.4, -0.2) is 11.4 Å². The molecule has 0 aliphatic rings. The van der Waals surface area contributed by atoms with Gasteiger partial charge in [-0.15, -0.1) is 0 Å². The zero-order valence-corrected chi connectivity index (χ0v) is 13.3. The van der Waals surface area contributed by atoms with E-state index in [1.807, 2.05) is 69.3 Å². The first-order valence-corrected chi connectivity index (χ1v) is 7.34. The molecule has 0 radical (unpaired) electrons. The maximum Gasteiger partial charge on any atom is 0.251 e. The van der Waals surface area contributed by atoms with Gasteiger partial charge in [0, 0.05) is 29.0 Å². The summed E-state index contributed by atoms with van der Waals surface area (Å²) < 4.78 is 0. The number of nitrogens with one attached hydrogen (secondary N) is 2. The molecule has 4 heteroatoms. The van der Waals surface area contributed by atoms with Crippen molar-refractivity contribution < 1.29 is 4.79 Å². The van der Waals surface area contributed by atoms with E-state index in [1.165, 1.54) is 0 Å². The predicted octanol–water partition coefficient (Wildman–Crippen LogP) is 3.41. The molecule has 22 heavy (non-hydrogen) atoms. The van der Waals surface area contributed by atoms with E-state index < -0.39 is 0 Å². The molecule has 0 bridgehead atoms. The zero-order valence-electron chi connectivity index (χ0n) is 13.3. The fourth-order valence-corrected chi connectivity index (χ4v) is 1.99. The number of rotatable bonds is 4. The number of carbonyl (C=O) groups is 1. The number of carbonyl (C=O) groups excluding carboxylic acids is 1. The summed E-state index contributed by atoms with van der Waals surface area (Å²) in [6.07, 6.45) is 0. The smallest absolute Gasteiger partial charge is 0.251 e. The number of hydrogen-bond acceptors (Lipinski definition) is 3. The highest BCUT2D eigenvalue weighted by Crippen LogP contribution is 2.13. The van der Waals surface area contributed by atoms with Gasteiger partial charge in [-0.05, 0) is 62.7 Å². The minimum Gasteiger partial charge on any atom is -0.399 e. The lowest BCUT2D eigenvalue weighted by Gasteiger charge is -2.20. The number of benzene rings is 2. The molecule has 0 heterocycles. The van der Waals surface area contributed by atoms with Gasteiger partial charge in [-0.1, -0.05) is 12.1 Å². The predicted molar refractivity (Wildman–Crippen MR) is 91.8 cm³/mol. The van der Waals surface area contributed by atoms with E-state index in [2.05, 4.69) is 10.6 Å². The van der Waals surface area contributed by atoms with E-state index in [0.717, 1.165) is 16.9 Å². The lowest BCUT2D eigenvalue weighted by Crippen LogP contribution is -2.40. The Balaban J connectivity index is 1.94. The molecule has 116 valence electrons. The molecule has 0 aliphatic heterocycles. The quantitative estimate of drug-likeness (QED) is 0.758. The highest BCUT2D eigenvalue weighted by molar-refractivity contribution is 5.94. The van der Waals surface area contributed by atoms with Crippen molar-refractivity contribution in [3.8, 4) is 0 Å². The molecular weight excluding hydrogens is 274 g/mol. The standard InChI is InChI=1S/C18H23N3O/c1-18(2,3)21-17(22)14-6-10-16(11-7-14)20-12-13-4-8-15(19)9-5-13/h4-11,20H,12,19H2,1-3H3,(H,21,22). The largest absolute Gasteiger partial charge is 0.399 e. The van der Waals surface area contributed by atoms with Crippen LogP contribution >= 0.6 is 0 Å². The van der Waals surface area contributed by atoms with Crippen molar-refractivity contribution >= 4 is 17.3 Å². The molecule has 0 spiro atoms. The summed E-state index contributed by atoms with van der Waals surface area (Å²) in [5.41, 5.74) is 8.99. The van der Waals surface area contributed by atoms with Crippen LogP contribution in [0, 0.1) is 0 Å². The van der Waals surface area contributed by atoms with E-state index in [1.54, 1.807) is 0 Å². The van der Waals surface area contributed by atoms with Crippen LogP contribution in [0.15, 0.2) is 48.5 Å². The maximum atomic E-state index is 12.0. The topological polar surface area (TPSA) is 67.2 Å². The van der Waals surface area contributed by atoms with Crippen LogP contribution in [0.5, 0.6) is 0 Å². The van der Waals surface area contributed by atoms with Crippen LogP contribution in [0.3, 0.4) is 0 Å². The van der Waals surface area contributed by atoms with Crippen LogP contribution in [0.2, 0.25) is 0 Å². The average Bonchev–Trinajstić information content (AvgIpc) is 2.45. The lowest BCUT2D eigenvalue weighted by atomic mass is 10.1. The summed E-state index contributed by atoms with van der Waals surface area (Å²) in [6, 6.07) is 15.2. The molecule has 2 aromatic carbocycles. The molecule has 0 saturated heterocycles. The first kappa shape index (κ1) is 15.9. The summed E-state index contributed by atoms with van der Waals surface area (Å²) in [5, 5.41) is 6.27. The minimum atomic E-state index is -0.233. The van der Waals surface area contributed by atoms with Crippen LogP contribution in [0.1, 0.15) is 36.7 Å². The Bertz CT molecular complexity index is 625. The Labute approximate surface area is 131 Å². The minimum absolute atomic E-state index is 0.0578. The second-order valence-electron chi connectivity index (χ2n) is 6.38. The molecule has 2 aromatic rings. The van der Waals surface area contributed by atoms with Gasteiger partial charge in [0.25, 0.3) is 5.91 Å². The molecular formula is C18H23N3O. The number of hydrogen-bond donors (Lipinski definition) is 3. The number of nitrogen functional groups attached to an aromatic ring is 1. The van der Waals surface area contributed by atoms with Crippen molar-refractivity contribution in [3.05, 3.63) is 59.7 Å². The first-order chi connectivity index (χ1) is 10.3. The molecule has 0 fully saturated rings. The van der Waals surface area contributed by atoms with E-state index in [0.29, 0.717) is 12.1 Å². The van der Waals surface area contributed by atoms with Crippen LogP contribution in [0.4, 0.5) is 11.4 Å². The fourth-order valence-electron chi connectivity index (χ4n) is 1.99. The van der Waals surface area contributed by atoms with Gasteiger partial charge in [0.2, 0.25) is 0 Å². The monoisotopic (exact) mass is 297 g/mol. The summed E-state index contributed by atoms with van der Waals surface area (Å²) >= 11 is 0. The van der Waals surface area contributed by atoms with Gasteiger partial charge in [-0.2, -0.15) is 0 Å². The zero-order chi connectivity index (χ0) is 16.2. The molecule has 0 unspecified atom stereocenters. The number of amides is 1. The van der Waals surface area contributed by atoms with Gasteiger partial charge in [0.05, 0.1) is 0 Å². The molecule has 0 saturated carbocycles. The number of nitrogens with two attached hydrogens (primary N) is 1. The SMILES string of the molecule is CC(C)(C)NC(=O)c1ccc(NCc2ccc(N)cc2)cc1. The lowest BCUT2D eigenvalue weighted by molar-refractivity contribution is 0.0919. The van der Waals surface area contributed by atoms with Gasteiger partial charge < -0.3 is 16.4 Å². The maximum absolute atomic E-state index is 12.0.